The Bertz CT molecular complexity index is 359. The molecule has 0 aromatic carbocycles. The van der Waals surface area contributed by atoms with Crippen molar-refractivity contribution in [2.75, 3.05) is 0 Å². The van der Waals surface area contributed by atoms with Crippen LogP contribution < -0.4 is 11.3 Å². The topological polar surface area (TPSA) is 84.8 Å². The zero-order valence-corrected chi connectivity index (χ0v) is 7.26. The lowest BCUT2D eigenvalue weighted by Crippen LogP contribution is -2.20. The Morgan fingerprint density at radius 1 is 1.83 bits per heavy atom. The van der Waals surface area contributed by atoms with Crippen molar-refractivity contribution in [1.29, 1.82) is 5.41 Å². The van der Waals surface area contributed by atoms with Crippen molar-refractivity contribution in [3.8, 4) is 0 Å². The van der Waals surface area contributed by atoms with Crippen LogP contribution in [-0.2, 0) is 7.05 Å². The lowest BCUT2D eigenvalue weighted by atomic mass is 10.7. The van der Waals surface area contributed by atoms with Gasteiger partial charge in [0.25, 0.3) is 5.56 Å². The van der Waals surface area contributed by atoms with E-state index in [1.807, 2.05) is 0 Å². The summed E-state index contributed by atoms with van der Waals surface area (Å²) >= 11 is 0.856. The molecule has 0 saturated carbocycles. The molecule has 1 aromatic rings. The van der Waals surface area contributed by atoms with Crippen LogP contribution in [-0.4, -0.2) is 14.7 Å². The summed E-state index contributed by atoms with van der Waals surface area (Å²) in [6.07, 6.45) is 3.04. The number of thioether (sulfide) groups is 1. The Hall–Kier alpha value is -1.30. The van der Waals surface area contributed by atoms with Crippen LogP contribution >= 0.6 is 11.8 Å². The SMILES string of the molecule is Cn1ccnc(SC(=N)N)c1=O. The zero-order valence-electron chi connectivity index (χ0n) is 6.44. The number of aromatic nitrogens is 2. The lowest BCUT2D eigenvalue weighted by Gasteiger charge is -1.98. The molecule has 0 fully saturated rings. The number of hydrogen-bond donors (Lipinski definition) is 2. The van der Waals surface area contributed by atoms with Gasteiger partial charge in [0.15, 0.2) is 10.2 Å². The second-order valence-corrected chi connectivity index (χ2v) is 3.15. The van der Waals surface area contributed by atoms with Gasteiger partial charge < -0.3 is 10.3 Å². The molecule has 0 atom stereocenters. The standard InChI is InChI=1S/C6H8N4OS/c1-10-3-2-9-4(5(10)11)12-6(7)8/h2-3H,1H3,(H3,7,8). The molecule has 5 nitrogen and oxygen atoms in total. The lowest BCUT2D eigenvalue weighted by molar-refractivity contribution is 0.795. The van der Waals surface area contributed by atoms with Crippen LogP contribution in [0.5, 0.6) is 0 Å². The monoisotopic (exact) mass is 184 g/mol. The third kappa shape index (κ3) is 1.85. The summed E-state index contributed by atoms with van der Waals surface area (Å²) in [5.41, 5.74) is 4.86. The van der Waals surface area contributed by atoms with E-state index in [2.05, 4.69) is 4.98 Å². The fourth-order valence-corrected chi connectivity index (χ4v) is 1.20. The van der Waals surface area contributed by atoms with Crippen LogP contribution in [0.25, 0.3) is 0 Å². The average Bonchev–Trinajstić information content (AvgIpc) is 1.98. The molecule has 0 spiro atoms. The summed E-state index contributed by atoms with van der Waals surface area (Å²) in [4.78, 5) is 15.0. The molecule has 12 heavy (non-hydrogen) atoms. The van der Waals surface area contributed by atoms with Crippen molar-refractivity contribution >= 4 is 16.9 Å². The van der Waals surface area contributed by atoms with Gasteiger partial charge in [0.2, 0.25) is 0 Å². The molecule has 0 aliphatic rings. The van der Waals surface area contributed by atoms with Crippen LogP contribution in [0.15, 0.2) is 22.2 Å². The van der Waals surface area contributed by atoms with Gasteiger partial charge in [0, 0.05) is 19.4 Å². The van der Waals surface area contributed by atoms with Gasteiger partial charge in [-0.05, 0) is 11.8 Å². The molecule has 0 aliphatic heterocycles. The number of nitrogens with one attached hydrogen (secondary N) is 1. The van der Waals surface area contributed by atoms with Gasteiger partial charge in [0.05, 0.1) is 0 Å². The van der Waals surface area contributed by atoms with Crippen molar-refractivity contribution in [3.63, 3.8) is 0 Å². The predicted octanol–water partition coefficient (Wildman–Crippen LogP) is -0.234. The molecule has 0 radical (unpaired) electrons. The second-order valence-electron chi connectivity index (χ2n) is 2.11. The van der Waals surface area contributed by atoms with Crippen molar-refractivity contribution in [2.45, 2.75) is 5.03 Å². The molecule has 0 bridgehead atoms. The first-order valence-electron chi connectivity index (χ1n) is 3.15. The highest BCUT2D eigenvalue weighted by Gasteiger charge is 2.03. The third-order valence-electron chi connectivity index (χ3n) is 1.19. The van der Waals surface area contributed by atoms with Gasteiger partial charge >= 0.3 is 0 Å². The maximum absolute atomic E-state index is 11.2. The molecule has 3 N–H and O–H groups in total. The molecule has 0 unspecified atom stereocenters. The van der Waals surface area contributed by atoms with Crippen LogP contribution in [0.3, 0.4) is 0 Å². The van der Waals surface area contributed by atoms with Gasteiger partial charge in [-0.15, -0.1) is 0 Å². The highest BCUT2D eigenvalue weighted by molar-refractivity contribution is 8.13. The van der Waals surface area contributed by atoms with Crippen LogP contribution in [0.1, 0.15) is 0 Å². The molecule has 1 heterocycles. The fraction of sp³-hybridized carbons (Fsp3) is 0.167. The van der Waals surface area contributed by atoms with E-state index in [9.17, 15) is 4.79 Å². The minimum atomic E-state index is -0.238. The maximum atomic E-state index is 11.2. The first-order valence-corrected chi connectivity index (χ1v) is 3.96. The second kappa shape index (κ2) is 3.40. The minimum absolute atomic E-state index is 0.134. The van der Waals surface area contributed by atoms with E-state index in [4.69, 9.17) is 11.1 Å². The summed E-state index contributed by atoms with van der Waals surface area (Å²) in [5.74, 6) is 0. The summed E-state index contributed by atoms with van der Waals surface area (Å²) in [6.45, 7) is 0. The van der Waals surface area contributed by atoms with Gasteiger partial charge in [0.1, 0.15) is 0 Å². The van der Waals surface area contributed by atoms with Crippen molar-refractivity contribution < 1.29 is 0 Å². The Labute approximate surface area is 73.1 Å². The molecule has 0 saturated heterocycles. The van der Waals surface area contributed by atoms with Gasteiger partial charge in [-0.1, -0.05) is 0 Å². The number of amidine groups is 1. The number of aryl methyl sites for hydroxylation is 1. The molecule has 1 rings (SSSR count). The van der Waals surface area contributed by atoms with Crippen molar-refractivity contribution in [1.82, 2.24) is 9.55 Å². The number of nitrogens with zero attached hydrogens (tertiary/aromatic N) is 2. The zero-order chi connectivity index (χ0) is 9.14. The molecule has 0 amide bonds. The first-order chi connectivity index (χ1) is 5.61. The summed E-state index contributed by atoms with van der Waals surface area (Å²) in [6, 6.07) is 0. The molecule has 0 aliphatic carbocycles. The van der Waals surface area contributed by atoms with E-state index in [1.165, 1.54) is 10.8 Å². The van der Waals surface area contributed by atoms with Crippen molar-refractivity contribution in [2.24, 2.45) is 12.8 Å². The number of nitrogens with two attached hydrogens (primary N) is 1. The average molecular weight is 184 g/mol. The Morgan fingerprint density at radius 3 is 3.08 bits per heavy atom. The van der Waals surface area contributed by atoms with E-state index in [1.54, 1.807) is 13.2 Å². The van der Waals surface area contributed by atoms with E-state index in [-0.39, 0.29) is 15.8 Å². The number of hydrogen-bond acceptors (Lipinski definition) is 4. The molecule has 1 aromatic heterocycles. The Morgan fingerprint density at radius 2 is 2.50 bits per heavy atom. The van der Waals surface area contributed by atoms with Gasteiger partial charge in [-0.2, -0.15) is 0 Å². The van der Waals surface area contributed by atoms with E-state index in [0.29, 0.717) is 0 Å². The van der Waals surface area contributed by atoms with Crippen LogP contribution in [0, 0.1) is 5.41 Å². The normalized spacial score (nSPS) is 9.75. The first kappa shape index (κ1) is 8.79. The van der Waals surface area contributed by atoms with Crippen LogP contribution in [0.4, 0.5) is 0 Å². The smallest absolute Gasteiger partial charge is 0.283 e. The molecular weight excluding hydrogens is 176 g/mol. The predicted molar refractivity (Wildman–Crippen MR) is 47.2 cm³/mol. The summed E-state index contributed by atoms with van der Waals surface area (Å²) in [7, 11) is 1.62. The maximum Gasteiger partial charge on any atom is 0.283 e. The quantitative estimate of drug-likeness (QED) is 0.358. The van der Waals surface area contributed by atoms with E-state index in [0.717, 1.165) is 11.8 Å². The molecule has 6 heteroatoms. The van der Waals surface area contributed by atoms with Crippen LogP contribution in [0.2, 0.25) is 0 Å². The fourth-order valence-electron chi connectivity index (χ4n) is 0.649. The largest absolute Gasteiger partial charge is 0.378 e. The van der Waals surface area contributed by atoms with E-state index >= 15 is 0 Å². The molecule has 64 valence electrons. The summed E-state index contributed by atoms with van der Waals surface area (Å²) < 4.78 is 1.39. The Balaban J connectivity index is 3.09. The highest BCUT2D eigenvalue weighted by atomic mass is 32.2. The van der Waals surface area contributed by atoms with Gasteiger partial charge in [-0.25, -0.2) is 4.98 Å². The third-order valence-corrected chi connectivity index (χ3v) is 1.89. The summed E-state index contributed by atoms with van der Waals surface area (Å²) in [5, 5.41) is 7.05. The van der Waals surface area contributed by atoms with E-state index < -0.39 is 0 Å². The Kier molecular flexibility index (Phi) is 2.49. The molecular formula is C6H8N4OS. The van der Waals surface area contributed by atoms with Gasteiger partial charge in [-0.3, -0.25) is 10.2 Å². The number of rotatable bonds is 1. The highest BCUT2D eigenvalue weighted by Crippen LogP contribution is 2.06. The van der Waals surface area contributed by atoms with Crippen molar-refractivity contribution in [3.05, 3.63) is 22.7 Å². The minimum Gasteiger partial charge on any atom is -0.378 e.